The molecule has 0 aliphatic rings. The Bertz CT molecular complexity index is 583. The number of carbonyl (C=O) groups excluding carboxylic acids is 1. The SMILES string of the molecule is CCCCCCC(CSc1ccccc1)C(=O)Sc1ccccc1. The van der Waals surface area contributed by atoms with Crippen molar-refractivity contribution < 1.29 is 4.79 Å². The minimum Gasteiger partial charge on any atom is -0.286 e. The van der Waals surface area contributed by atoms with E-state index in [0.717, 1.165) is 23.5 Å². The van der Waals surface area contributed by atoms with Gasteiger partial charge in [-0.3, -0.25) is 4.79 Å². The molecule has 2 aromatic rings. The first-order chi connectivity index (χ1) is 11.8. The Morgan fingerprint density at radius 2 is 1.50 bits per heavy atom. The van der Waals surface area contributed by atoms with Crippen LogP contribution in [0, 0.1) is 5.92 Å². The molecule has 0 aliphatic heterocycles. The van der Waals surface area contributed by atoms with E-state index in [0.29, 0.717) is 5.12 Å². The topological polar surface area (TPSA) is 17.1 Å². The van der Waals surface area contributed by atoms with Crippen molar-refractivity contribution in [3.8, 4) is 0 Å². The van der Waals surface area contributed by atoms with Gasteiger partial charge in [-0.2, -0.15) is 0 Å². The summed E-state index contributed by atoms with van der Waals surface area (Å²) in [7, 11) is 0. The second kappa shape index (κ2) is 11.4. The highest BCUT2D eigenvalue weighted by atomic mass is 32.2. The summed E-state index contributed by atoms with van der Waals surface area (Å²) in [5.41, 5.74) is 0. The second-order valence-corrected chi connectivity index (χ2v) is 8.08. The van der Waals surface area contributed by atoms with Crippen molar-refractivity contribution in [2.45, 2.75) is 48.8 Å². The lowest BCUT2D eigenvalue weighted by Crippen LogP contribution is -2.14. The molecule has 0 fully saturated rings. The third-order valence-corrected chi connectivity index (χ3v) is 6.11. The summed E-state index contributed by atoms with van der Waals surface area (Å²) >= 11 is 3.20. The van der Waals surface area contributed by atoms with Gasteiger partial charge in [-0.05, 0) is 30.7 Å². The number of thioether (sulfide) groups is 2. The molecule has 0 spiro atoms. The average molecular weight is 359 g/mol. The molecular formula is C21H26OS2. The summed E-state index contributed by atoms with van der Waals surface area (Å²) in [5.74, 6) is 0.992. The van der Waals surface area contributed by atoms with Crippen molar-refractivity contribution in [2.24, 2.45) is 5.92 Å². The van der Waals surface area contributed by atoms with Crippen LogP contribution in [-0.4, -0.2) is 10.9 Å². The standard InChI is InChI=1S/C21H26OS2/c1-2-3-4-7-12-18(17-23-19-13-8-5-9-14-19)21(22)24-20-15-10-6-11-16-20/h5-6,8-11,13-16,18H,2-4,7,12,17H2,1H3. The Hall–Kier alpha value is -1.19. The molecule has 1 unspecified atom stereocenters. The fourth-order valence-electron chi connectivity index (χ4n) is 2.49. The molecule has 24 heavy (non-hydrogen) atoms. The van der Waals surface area contributed by atoms with Gasteiger partial charge in [0.25, 0.3) is 0 Å². The zero-order valence-electron chi connectivity index (χ0n) is 14.3. The van der Waals surface area contributed by atoms with Crippen LogP contribution in [0.1, 0.15) is 39.0 Å². The van der Waals surface area contributed by atoms with Crippen LogP contribution >= 0.6 is 23.5 Å². The number of unbranched alkanes of at least 4 members (excludes halogenated alkanes) is 3. The molecule has 0 N–H and O–H groups in total. The minimum atomic E-state index is 0.122. The lowest BCUT2D eigenvalue weighted by molar-refractivity contribution is -0.114. The van der Waals surface area contributed by atoms with Crippen LogP contribution < -0.4 is 0 Å². The van der Waals surface area contributed by atoms with E-state index in [1.54, 1.807) is 11.8 Å². The molecule has 0 saturated heterocycles. The van der Waals surface area contributed by atoms with Gasteiger partial charge in [0, 0.05) is 21.5 Å². The fourth-order valence-corrected chi connectivity index (χ4v) is 4.55. The third-order valence-electron chi connectivity index (χ3n) is 3.90. The van der Waals surface area contributed by atoms with Crippen LogP contribution in [0.25, 0.3) is 0 Å². The van der Waals surface area contributed by atoms with Crippen LogP contribution in [0.2, 0.25) is 0 Å². The van der Waals surface area contributed by atoms with E-state index in [9.17, 15) is 4.79 Å². The van der Waals surface area contributed by atoms with Crippen molar-refractivity contribution in [2.75, 3.05) is 5.75 Å². The van der Waals surface area contributed by atoms with Crippen molar-refractivity contribution >= 4 is 28.6 Å². The maximum Gasteiger partial charge on any atom is 0.197 e. The van der Waals surface area contributed by atoms with Crippen molar-refractivity contribution in [1.82, 2.24) is 0 Å². The number of hydrogen-bond acceptors (Lipinski definition) is 3. The predicted octanol–water partition coefficient (Wildman–Crippen LogP) is 6.68. The summed E-state index contributed by atoms with van der Waals surface area (Å²) in [4.78, 5) is 15.0. The van der Waals surface area contributed by atoms with Gasteiger partial charge >= 0.3 is 0 Å². The Labute approximate surface area is 154 Å². The Morgan fingerprint density at radius 3 is 2.12 bits per heavy atom. The van der Waals surface area contributed by atoms with E-state index in [2.05, 4.69) is 31.2 Å². The average Bonchev–Trinajstić information content (AvgIpc) is 2.62. The van der Waals surface area contributed by atoms with Gasteiger partial charge in [-0.25, -0.2) is 0 Å². The molecule has 3 heteroatoms. The Kier molecular flexibility index (Phi) is 9.07. The highest BCUT2D eigenvalue weighted by molar-refractivity contribution is 8.13. The molecule has 2 rings (SSSR count). The minimum absolute atomic E-state index is 0.122. The largest absolute Gasteiger partial charge is 0.286 e. The van der Waals surface area contributed by atoms with E-state index >= 15 is 0 Å². The lowest BCUT2D eigenvalue weighted by atomic mass is 10.0. The van der Waals surface area contributed by atoms with E-state index in [-0.39, 0.29) is 5.92 Å². The summed E-state index contributed by atoms with van der Waals surface area (Å²) in [5, 5.41) is 0.307. The monoisotopic (exact) mass is 358 g/mol. The van der Waals surface area contributed by atoms with Crippen LogP contribution in [0.3, 0.4) is 0 Å². The maximum absolute atomic E-state index is 12.7. The smallest absolute Gasteiger partial charge is 0.197 e. The van der Waals surface area contributed by atoms with Crippen molar-refractivity contribution in [3.05, 3.63) is 60.7 Å². The van der Waals surface area contributed by atoms with Gasteiger partial charge < -0.3 is 0 Å². The van der Waals surface area contributed by atoms with E-state index in [4.69, 9.17) is 0 Å². The molecule has 0 aliphatic carbocycles. The highest BCUT2D eigenvalue weighted by Gasteiger charge is 2.19. The van der Waals surface area contributed by atoms with E-state index in [1.807, 2.05) is 36.4 Å². The normalized spacial score (nSPS) is 12.0. The van der Waals surface area contributed by atoms with Gasteiger partial charge in [0.15, 0.2) is 5.12 Å². The Balaban J connectivity index is 1.91. The van der Waals surface area contributed by atoms with Crippen LogP contribution in [0.4, 0.5) is 0 Å². The molecule has 1 nitrogen and oxygen atoms in total. The Morgan fingerprint density at radius 1 is 0.875 bits per heavy atom. The molecule has 0 aromatic heterocycles. The molecule has 0 amide bonds. The van der Waals surface area contributed by atoms with Crippen LogP contribution in [-0.2, 0) is 4.79 Å². The summed E-state index contributed by atoms with van der Waals surface area (Å²) in [6, 6.07) is 20.4. The first kappa shape index (κ1) is 19.1. The molecular weight excluding hydrogens is 332 g/mol. The first-order valence-electron chi connectivity index (χ1n) is 8.74. The second-order valence-electron chi connectivity index (χ2n) is 5.90. The number of rotatable bonds is 10. The zero-order chi connectivity index (χ0) is 17.0. The van der Waals surface area contributed by atoms with Gasteiger partial charge in [0.05, 0.1) is 0 Å². The molecule has 0 saturated carbocycles. The van der Waals surface area contributed by atoms with Gasteiger partial charge in [-0.1, -0.05) is 80.8 Å². The third kappa shape index (κ3) is 7.14. The molecule has 1 atom stereocenters. The molecule has 128 valence electrons. The number of hydrogen-bond donors (Lipinski definition) is 0. The first-order valence-corrected chi connectivity index (χ1v) is 10.5. The molecule has 0 bridgehead atoms. The summed E-state index contributed by atoms with van der Waals surface area (Å²) < 4.78 is 0. The quantitative estimate of drug-likeness (QED) is 0.348. The number of carbonyl (C=O) groups is 1. The maximum atomic E-state index is 12.7. The summed E-state index contributed by atoms with van der Waals surface area (Å²) in [6.07, 6.45) is 5.87. The number of benzene rings is 2. The molecule has 2 aromatic carbocycles. The van der Waals surface area contributed by atoms with Gasteiger partial charge in [-0.15, -0.1) is 11.8 Å². The van der Waals surface area contributed by atoms with Crippen LogP contribution in [0.15, 0.2) is 70.5 Å². The predicted molar refractivity (Wildman–Crippen MR) is 107 cm³/mol. The van der Waals surface area contributed by atoms with Gasteiger partial charge in [0.1, 0.15) is 0 Å². The summed E-state index contributed by atoms with van der Waals surface area (Å²) in [6.45, 7) is 2.22. The van der Waals surface area contributed by atoms with E-state index in [1.165, 1.54) is 35.9 Å². The molecule has 0 radical (unpaired) electrons. The van der Waals surface area contributed by atoms with E-state index < -0.39 is 0 Å². The van der Waals surface area contributed by atoms with Crippen LogP contribution in [0.5, 0.6) is 0 Å². The highest BCUT2D eigenvalue weighted by Crippen LogP contribution is 2.29. The zero-order valence-corrected chi connectivity index (χ0v) is 16.0. The van der Waals surface area contributed by atoms with Crippen molar-refractivity contribution in [3.63, 3.8) is 0 Å². The lowest BCUT2D eigenvalue weighted by Gasteiger charge is -2.15. The molecule has 0 heterocycles. The van der Waals surface area contributed by atoms with Gasteiger partial charge in [0.2, 0.25) is 0 Å². The van der Waals surface area contributed by atoms with Crippen molar-refractivity contribution in [1.29, 1.82) is 0 Å². The fraction of sp³-hybridized carbons (Fsp3) is 0.381.